The quantitative estimate of drug-likeness (QED) is 0.369. The molecule has 0 aliphatic heterocycles. The summed E-state index contributed by atoms with van der Waals surface area (Å²) in [6, 6.07) is 0.156. The molecule has 19 heavy (non-hydrogen) atoms. The van der Waals surface area contributed by atoms with E-state index >= 15 is 0 Å². The van der Waals surface area contributed by atoms with Crippen molar-refractivity contribution in [3.63, 3.8) is 0 Å². The number of hydrogen-bond acceptors (Lipinski definition) is 5. The van der Waals surface area contributed by atoms with E-state index in [4.69, 9.17) is 10.7 Å². The molecule has 106 valence electrons. The van der Waals surface area contributed by atoms with Crippen molar-refractivity contribution in [2.45, 2.75) is 11.3 Å². The van der Waals surface area contributed by atoms with Crippen LogP contribution in [0.2, 0.25) is 0 Å². The zero-order valence-corrected chi connectivity index (χ0v) is 10.0. The summed E-state index contributed by atoms with van der Waals surface area (Å²) in [5.74, 6) is -3.16. The van der Waals surface area contributed by atoms with Crippen molar-refractivity contribution < 1.29 is 35.6 Å². The summed E-state index contributed by atoms with van der Waals surface area (Å²) in [6.45, 7) is 0. The van der Waals surface area contributed by atoms with E-state index in [-0.39, 0.29) is 12.1 Å². The number of hydrogen-bond donors (Lipinski definition) is 0. The van der Waals surface area contributed by atoms with E-state index in [2.05, 4.69) is 4.74 Å². The smallest absolute Gasteiger partial charge is 0.397 e. The molecule has 0 N–H and O–H groups in total. The maximum Gasteiger partial charge on any atom is 0.573 e. The lowest BCUT2D eigenvalue weighted by atomic mass is 10.3. The second kappa shape index (κ2) is 4.81. The Bertz CT molecular complexity index is 629. The highest BCUT2D eigenvalue weighted by Crippen LogP contribution is 2.39. The molecular formula is C7H2ClF4NO5S. The van der Waals surface area contributed by atoms with Crippen LogP contribution < -0.4 is 4.74 Å². The van der Waals surface area contributed by atoms with Crippen molar-refractivity contribution in [2.24, 2.45) is 0 Å². The fourth-order valence-electron chi connectivity index (χ4n) is 1.09. The monoisotopic (exact) mass is 323 g/mol. The van der Waals surface area contributed by atoms with Crippen molar-refractivity contribution in [3.8, 4) is 5.75 Å². The first-order chi connectivity index (χ1) is 8.42. The van der Waals surface area contributed by atoms with E-state index < -0.39 is 42.5 Å². The van der Waals surface area contributed by atoms with Crippen LogP contribution in [0.4, 0.5) is 23.2 Å². The first-order valence-corrected chi connectivity index (χ1v) is 6.41. The second-order valence-electron chi connectivity index (χ2n) is 2.99. The van der Waals surface area contributed by atoms with E-state index in [0.29, 0.717) is 0 Å². The lowest BCUT2D eigenvalue weighted by Crippen LogP contribution is -2.19. The van der Waals surface area contributed by atoms with Gasteiger partial charge in [0.1, 0.15) is 10.7 Å². The summed E-state index contributed by atoms with van der Waals surface area (Å²) in [4.78, 5) is 7.57. The Labute approximate surface area is 107 Å². The highest BCUT2D eigenvalue weighted by molar-refractivity contribution is 8.13. The number of nitro groups is 1. The summed E-state index contributed by atoms with van der Waals surface area (Å²) in [5.41, 5.74) is -1.52. The number of nitro benzene ring substituents is 1. The molecule has 1 aromatic carbocycles. The minimum absolute atomic E-state index is 0.0760. The number of ether oxygens (including phenoxy) is 1. The lowest BCUT2D eigenvalue weighted by Gasteiger charge is -2.11. The average Bonchev–Trinajstić information content (AvgIpc) is 2.16. The first kappa shape index (κ1) is 15.4. The Morgan fingerprint density at radius 2 is 1.84 bits per heavy atom. The molecule has 1 rings (SSSR count). The van der Waals surface area contributed by atoms with E-state index in [1.165, 1.54) is 0 Å². The van der Waals surface area contributed by atoms with Crippen molar-refractivity contribution in [3.05, 3.63) is 28.1 Å². The molecule has 0 radical (unpaired) electrons. The van der Waals surface area contributed by atoms with Crippen molar-refractivity contribution in [1.29, 1.82) is 0 Å². The Hall–Kier alpha value is -1.62. The molecule has 0 spiro atoms. The zero-order chi connectivity index (χ0) is 15.0. The van der Waals surface area contributed by atoms with Crippen LogP contribution in [0.15, 0.2) is 17.0 Å². The van der Waals surface area contributed by atoms with Gasteiger partial charge in [-0.2, -0.15) is 0 Å². The van der Waals surface area contributed by atoms with Crippen molar-refractivity contribution in [2.75, 3.05) is 0 Å². The Balaban J connectivity index is 3.67. The topological polar surface area (TPSA) is 86.5 Å². The van der Waals surface area contributed by atoms with Gasteiger partial charge in [0.15, 0.2) is 0 Å². The molecule has 0 heterocycles. The molecule has 0 fully saturated rings. The SMILES string of the molecule is O=[N+]([O-])c1cc(F)cc(S(=O)(=O)Cl)c1OC(F)(F)F. The van der Waals surface area contributed by atoms with Gasteiger partial charge in [-0.05, 0) is 6.07 Å². The van der Waals surface area contributed by atoms with Crippen molar-refractivity contribution >= 4 is 25.4 Å². The minimum atomic E-state index is -5.42. The fraction of sp³-hybridized carbons (Fsp3) is 0.143. The predicted molar refractivity (Wildman–Crippen MR) is 52.8 cm³/mol. The van der Waals surface area contributed by atoms with Gasteiger partial charge in [0.05, 0.1) is 11.0 Å². The van der Waals surface area contributed by atoms with Crippen LogP contribution in [-0.2, 0) is 9.05 Å². The summed E-state index contributed by atoms with van der Waals surface area (Å²) in [6.07, 6.45) is -5.42. The predicted octanol–water partition coefficient (Wildman–Crippen LogP) is 2.56. The molecule has 0 amide bonds. The van der Waals surface area contributed by atoms with Crippen LogP contribution in [0.25, 0.3) is 0 Å². The standard InChI is InChI=1S/C7H2ClF4NO5S/c8-19(16,17)5-2-3(9)1-4(13(14)15)6(5)18-7(10,11)12/h1-2H. The fourth-order valence-corrected chi connectivity index (χ4v) is 2.05. The molecule has 0 bridgehead atoms. The molecule has 0 aromatic heterocycles. The molecular weight excluding hydrogens is 322 g/mol. The highest BCUT2D eigenvalue weighted by atomic mass is 35.7. The van der Waals surface area contributed by atoms with Crippen LogP contribution in [0.1, 0.15) is 0 Å². The Morgan fingerprint density at radius 1 is 1.32 bits per heavy atom. The number of halogens is 5. The molecule has 0 aliphatic carbocycles. The summed E-state index contributed by atoms with van der Waals surface area (Å²) in [7, 11) is -0.105. The van der Waals surface area contributed by atoms with E-state index in [0.717, 1.165) is 0 Å². The number of nitrogens with zero attached hydrogens (tertiary/aromatic N) is 1. The van der Waals surface area contributed by atoms with Gasteiger partial charge in [-0.15, -0.1) is 13.2 Å². The van der Waals surface area contributed by atoms with Crippen LogP contribution >= 0.6 is 10.7 Å². The lowest BCUT2D eigenvalue weighted by molar-refractivity contribution is -0.389. The molecule has 0 aliphatic rings. The van der Waals surface area contributed by atoms with Crippen LogP contribution in [0.5, 0.6) is 5.75 Å². The van der Waals surface area contributed by atoms with Crippen LogP contribution in [0, 0.1) is 15.9 Å². The van der Waals surface area contributed by atoms with Gasteiger partial charge in [0.2, 0.25) is 5.75 Å². The molecule has 12 heteroatoms. The number of alkyl halides is 3. The highest BCUT2D eigenvalue weighted by Gasteiger charge is 2.38. The maximum atomic E-state index is 13.0. The number of rotatable bonds is 3. The first-order valence-electron chi connectivity index (χ1n) is 4.10. The normalized spacial score (nSPS) is 12.3. The van der Waals surface area contributed by atoms with Gasteiger partial charge in [-0.25, -0.2) is 12.8 Å². The summed E-state index contributed by atoms with van der Waals surface area (Å²) >= 11 is 0. The van der Waals surface area contributed by atoms with Gasteiger partial charge in [-0.1, -0.05) is 0 Å². The van der Waals surface area contributed by atoms with Crippen LogP contribution in [0.3, 0.4) is 0 Å². The third-order valence-electron chi connectivity index (χ3n) is 1.68. The largest absolute Gasteiger partial charge is 0.573 e. The summed E-state index contributed by atoms with van der Waals surface area (Å²) < 4.78 is 74.4. The van der Waals surface area contributed by atoms with Gasteiger partial charge in [0, 0.05) is 10.7 Å². The summed E-state index contributed by atoms with van der Waals surface area (Å²) in [5, 5.41) is 10.5. The third kappa shape index (κ3) is 3.92. The van der Waals surface area contributed by atoms with E-state index in [1.54, 1.807) is 0 Å². The molecule has 0 unspecified atom stereocenters. The molecule has 1 aromatic rings. The number of benzene rings is 1. The minimum Gasteiger partial charge on any atom is -0.397 e. The molecule has 6 nitrogen and oxygen atoms in total. The Kier molecular flexibility index (Phi) is 3.91. The van der Waals surface area contributed by atoms with E-state index in [9.17, 15) is 36.1 Å². The third-order valence-corrected chi connectivity index (χ3v) is 3.00. The van der Waals surface area contributed by atoms with Gasteiger partial charge >= 0.3 is 12.0 Å². The molecule has 0 atom stereocenters. The van der Waals surface area contributed by atoms with Gasteiger partial charge in [0.25, 0.3) is 9.05 Å². The van der Waals surface area contributed by atoms with Gasteiger partial charge in [-0.3, -0.25) is 10.1 Å². The molecule has 0 saturated carbocycles. The van der Waals surface area contributed by atoms with Crippen LogP contribution in [-0.4, -0.2) is 19.7 Å². The molecule has 0 saturated heterocycles. The van der Waals surface area contributed by atoms with Crippen molar-refractivity contribution in [1.82, 2.24) is 0 Å². The average molecular weight is 324 g/mol. The maximum absolute atomic E-state index is 13.0. The Morgan fingerprint density at radius 3 is 2.21 bits per heavy atom. The van der Waals surface area contributed by atoms with E-state index in [1.807, 2.05) is 0 Å². The second-order valence-corrected chi connectivity index (χ2v) is 5.53. The zero-order valence-electron chi connectivity index (χ0n) is 8.44. The van der Waals surface area contributed by atoms with Gasteiger partial charge < -0.3 is 4.74 Å².